The van der Waals surface area contributed by atoms with Gasteiger partial charge in [0.15, 0.2) is 5.17 Å². The summed E-state index contributed by atoms with van der Waals surface area (Å²) < 4.78 is 0. The van der Waals surface area contributed by atoms with Crippen molar-refractivity contribution in [2.24, 2.45) is 11.0 Å². The largest absolute Gasteiger partial charge is 0.309 e. The van der Waals surface area contributed by atoms with Gasteiger partial charge >= 0.3 is 0 Å². The van der Waals surface area contributed by atoms with Gasteiger partial charge in [0.25, 0.3) is 5.91 Å². The minimum Gasteiger partial charge on any atom is -0.309 e. The van der Waals surface area contributed by atoms with Crippen LogP contribution in [0.5, 0.6) is 0 Å². The first-order valence-electron chi connectivity index (χ1n) is 8.96. The van der Waals surface area contributed by atoms with Crippen molar-refractivity contribution in [2.75, 3.05) is 11.4 Å². The van der Waals surface area contributed by atoms with E-state index in [0.29, 0.717) is 12.5 Å². The van der Waals surface area contributed by atoms with E-state index in [1.807, 2.05) is 25.1 Å². The third-order valence-electron chi connectivity index (χ3n) is 4.65. The van der Waals surface area contributed by atoms with E-state index in [1.54, 1.807) is 4.90 Å². The zero-order chi connectivity index (χ0) is 19.9. The van der Waals surface area contributed by atoms with Gasteiger partial charge in [-0.05, 0) is 36.6 Å². The molecule has 2 heterocycles. The molecule has 3 rings (SSSR count). The van der Waals surface area contributed by atoms with Crippen LogP contribution in [0.25, 0.3) is 0 Å². The van der Waals surface area contributed by atoms with Gasteiger partial charge in [-0.15, -0.1) is 5.10 Å². The predicted molar refractivity (Wildman–Crippen MR) is 106 cm³/mol. The topological polar surface area (TPSA) is 82.1 Å². The van der Waals surface area contributed by atoms with E-state index in [-0.39, 0.29) is 22.9 Å². The molecule has 144 valence electrons. The molecule has 0 fully saturated rings. The number of hydrogen-bond donors (Lipinski definition) is 1. The van der Waals surface area contributed by atoms with Crippen LogP contribution in [0.3, 0.4) is 0 Å². The average Bonchev–Trinajstić information content (AvgIpc) is 3.05. The maximum Gasteiger partial charge on any atom is 0.270 e. The highest BCUT2D eigenvalue weighted by Gasteiger charge is 2.61. The SMILES string of the molecule is CC(=O)NC1=NN(C(C)=O)[C@]2(S1)C(=O)N(CCC(C)C)c1c(C)cccc12. The van der Waals surface area contributed by atoms with Crippen LogP contribution in [0.2, 0.25) is 0 Å². The molecule has 1 N–H and O–H groups in total. The van der Waals surface area contributed by atoms with E-state index in [9.17, 15) is 14.4 Å². The van der Waals surface area contributed by atoms with Gasteiger partial charge in [0.05, 0.1) is 5.69 Å². The summed E-state index contributed by atoms with van der Waals surface area (Å²) in [7, 11) is 0. The number of amides is 3. The fourth-order valence-corrected chi connectivity index (χ4v) is 4.78. The number of carbonyl (C=O) groups excluding carboxylic acids is 3. The summed E-state index contributed by atoms with van der Waals surface area (Å²) in [5, 5.41) is 8.33. The summed E-state index contributed by atoms with van der Waals surface area (Å²) in [4.78, 5) is 38.0. The van der Waals surface area contributed by atoms with Crippen molar-refractivity contribution < 1.29 is 14.4 Å². The van der Waals surface area contributed by atoms with E-state index >= 15 is 0 Å². The minimum atomic E-state index is -1.30. The normalized spacial score (nSPS) is 21.1. The average molecular weight is 388 g/mol. The fraction of sp³-hybridized carbons (Fsp3) is 0.474. The number of hydrogen-bond acceptors (Lipinski definition) is 5. The highest BCUT2D eigenvalue weighted by atomic mass is 32.2. The Morgan fingerprint density at radius 3 is 2.59 bits per heavy atom. The lowest BCUT2D eigenvalue weighted by molar-refractivity contribution is -0.139. The summed E-state index contributed by atoms with van der Waals surface area (Å²) in [5.74, 6) is -0.410. The quantitative estimate of drug-likeness (QED) is 0.863. The minimum absolute atomic E-state index is 0.197. The lowest BCUT2D eigenvalue weighted by atomic mass is 10.0. The number of benzene rings is 1. The number of hydrazone groups is 1. The van der Waals surface area contributed by atoms with Crippen LogP contribution in [0.1, 0.15) is 45.2 Å². The lowest BCUT2D eigenvalue weighted by Gasteiger charge is -2.29. The molecule has 0 bridgehead atoms. The van der Waals surface area contributed by atoms with E-state index < -0.39 is 4.87 Å². The van der Waals surface area contributed by atoms with Crippen LogP contribution in [0.4, 0.5) is 5.69 Å². The Hall–Kier alpha value is -2.35. The number of rotatable bonds is 3. The molecule has 27 heavy (non-hydrogen) atoms. The number of nitrogens with one attached hydrogen (secondary N) is 1. The van der Waals surface area contributed by atoms with Crippen molar-refractivity contribution in [1.82, 2.24) is 10.3 Å². The predicted octanol–water partition coefficient (Wildman–Crippen LogP) is 2.54. The van der Waals surface area contributed by atoms with Crippen LogP contribution in [-0.4, -0.2) is 34.4 Å². The molecule has 0 aliphatic carbocycles. The Labute approximate surface area is 163 Å². The number of aryl methyl sites for hydroxylation is 1. The van der Waals surface area contributed by atoms with Crippen molar-refractivity contribution in [3.63, 3.8) is 0 Å². The molecule has 0 unspecified atom stereocenters. The molecule has 0 radical (unpaired) electrons. The molecule has 3 amide bonds. The first kappa shape index (κ1) is 19.4. The number of para-hydroxylation sites is 1. The van der Waals surface area contributed by atoms with E-state index in [0.717, 1.165) is 35.0 Å². The third kappa shape index (κ3) is 3.12. The lowest BCUT2D eigenvalue weighted by Crippen LogP contribution is -2.48. The molecule has 0 saturated carbocycles. The number of fused-ring (bicyclic) bond motifs is 2. The first-order chi connectivity index (χ1) is 12.7. The molecule has 0 aromatic heterocycles. The second-order valence-corrected chi connectivity index (χ2v) is 8.46. The first-order valence-corrected chi connectivity index (χ1v) is 9.78. The molecule has 2 aliphatic rings. The molecule has 1 atom stereocenters. The zero-order valence-electron chi connectivity index (χ0n) is 16.2. The van der Waals surface area contributed by atoms with Crippen LogP contribution in [0, 0.1) is 12.8 Å². The Morgan fingerprint density at radius 2 is 2.00 bits per heavy atom. The van der Waals surface area contributed by atoms with E-state index in [4.69, 9.17) is 0 Å². The second kappa shape index (κ2) is 6.99. The van der Waals surface area contributed by atoms with E-state index in [1.165, 1.54) is 18.9 Å². The summed E-state index contributed by atoms with van der Waals surface area (Å²) in [6, 6.07) is 5.70. The van der Waals surface area contributed by atoms with Gasteiger partial charge in [-0.3, -0.25) is 14.4 Å². The third-order valence-corrected chi connectivity index (χ3v) is 5.89. The van der Waals surface area contributed by atoms with Gasteiger partial charge in [0.2, 0.25) is 16.7 Å². The smallest absolute Gasteiger partial charge is 0.270 e. The molecule has 7 nitrogen and oxygen atoms in total. The molecule has 8 heteroatoms. The Bertz CT molecular complexity index is 851. The number of amidine groups is 1. The summed E-state index contributed by atoms with van der Waals surface area (Å²) >= 11 is 1.11. The fourth-order valence-electron chi connectivity index (χ4n) is 3.45. The van der Waals surface area contributed by atoms with Crippen LogP contribution >= 0.6 is 11.8 Å². The summed E-state index contributed by atoms with van der Waals surface area (Å²) in [5.41, 5.74) is 2.54. The molecule has 1 spiro atoms. The molecule has 0 saturated heterocycles. The second-order valence-electron chi connectivity index (χ2n) is 7.27. The molecular formula is C19H24N4O3S. The monoisotopic (exact) mass is 388 g/mol. The van der Waals surface area contributed by atoms with Gasteiger partial charge in [-0.25, -0.2) is 0 Å². The molecule has 2 aliphatic heterocycles. The highest BCUT2D eigenvalue weighted by Crippen LogP contribution is 2.55. The van der Waals surface area contributed by atoms with Gasteiger partial charge < -0.3 is 10.2 Å². The zero-order valence-corrected chi connectivity index (χ0v) is 17.0. The summed E-state index contributed by atoms with van der Waals surface area (Å²) in [6.45, 7) is 9.50. The number of anilines is 1. The van der Waals surface area contributed by atoms with Crippen molar-refractivity contribution in [3.8, 4) is 0 Å². The molecule has 1 aromatic rings. The Morgan fingerprint density at radius 1 is 1.30 bits per heavy atom. The number of thioether (sulfide) groups is 1. The standard InChI is InChI=1S/C19H24N4O3S/c1-11(2)9-10-22-16-12(3)7-6-8-15(16)19(17(22)26)23(14(5)25)21-18(27-19)20-13(4)24/h6-8,11H,9-10H2,1-5H3,(H,20,21,24)/t19-/m1/s1. The van der Waals surface area contributed by atoms with Gasteiger partial charge in [-0.2, -0.15) is 5.01 Å². The van der Waals surface area contributed by atoms with Gasteiger partial charge in [0, 0.05) is 26.0 Å². The molecule has 1 aromatic carbocycles. The van der Waals surface area contributed by atoms with Crippen molar-refractivity contribution in [1.29, 1.82) is 0 Å². The highest BCUT2D eigenvalue weighted by molar-refractivity contribution is 8.15. The van der Waals surface area contributed by atoms with Gasteiger partial charge in [-0.1, -0.05) is 32.0 Å². The van der Waals surface area contributed by atoms with Crippen molar-refractivity contribution >= 4 is 40.3 Å². The van der Waals surface area contributed by atoms with Crippen molar-refractivity contribution in [3.05, 3.63) is 29.3 Å². The van der Waals surface area contributed by atoms with E-state index in [2.05, 4.69) is 24.3 Å². The molecular weight excluding hydrogens is 364 g/mol. The van der Waals surface area contributed by atoms with Gasteiger partial charge in [0.1, 0.15) is 0 Å². The van der Waals surface area contributed by atoms with Crippen LogP contribution in [0.15, 0.2) is 23.3 Å². The van der Waals surface area contributed by atoms with Crippen LogP contribution in [-0.2, 0) is 19.3 Å². The van der Waals surface area contributed by atoms with Crippen LogP contribution < -0.4 is 10.2 Å². The summed E-state index contributed by atoms with van der Waals surface area (Å²) in [6.07, 6.45) is 0.847. The Balaban J connectivity index is 2.12. The number of carbonyl (C=O) groups is 3. The van der Waals surface area contributed by atoms with Crippen molar-refractivity contribution in [2.45, 2.75) is 45.9 Å². The Kier molecular flexibility index (Phi) is 5.03. The maximum atomic E-state index is 13.6. The number of nitrogens with zero attached hydrogens (tertiary/aromatic N) is 3. The maximum absolute atomic E-state index is 13.6.